The van der Waals surface area contributed by atoms with Gasteiger partial charge in [0.1, 0.15) is 6.26 Å². The average molecular weight is 271 g/mol. The number of alkyl halides is 3. The lowest BCUT2D eigenvalue weighted by molar-refractivity contribution is -0.207. The summed E-state index contributed by atoms with van der Waals surface area (Å²) in [5, 5.41) is 0. The van der Waals surface area contributed by atoms with Gasteiger partial charge >= 0.3 is 12.1 Å². The third kappa shape index (κ3) is 3.12. The molecule has 0 saturated carbocycles. The summed E-state index contributed by atoms with van der Waals surface area (Å²) in [6, 6.07) is 3.74. The zero-order valence-corrected chi connectivity index (χ0v) is 9.42. The highest BCUT2D eigenvalue weighted by Crippen LogP contribution is 2.36. The van der Waals surface area contributed by atoms with Crippen molar-refractivity contribution in [2.24, 2.45) is 0 Å². The van der Waals surface area contributed by atoms with Gasteiger partial charge in [0.05, 0.1) is 11.8 Å². The molecule has 2 rings (SSSR count). The topological polar surface area (TPSA) is 52.3 Å². The van der Waals surface area contributed by atoms with Gasteiger partial charge in [0.2, 0.25) is 6.10 Å². The number of carbonyl (C=O) groups excluding carboxylic acids is 1. The standard InChI is InChI=1S/C12H8F3NO3/c13-12(14,15)10(8-2-1-4-16-6-8)19-11(17)9-3-5-18-7-9/h1-7,10H. The summed E-state index contributed by atoms with van der Waals surface area (Å²) in [5.74, 6) is -1.11. The fourth-order valence-electron chi connectivity index (χ4n) is 1.41. The Morgan fingerprint density at radius 1 is 1.37 bits per heavy atom. The number of furan rings is 1. The van der Waals surface area contributed by atoms with Gasteiger partial charge in [0.25, 0.3) is 0 Å². The molecular weight excluding hydrogens is 263 g/mol. The molecule has 100 valence electrons. The first-order valence-electron chi connectivity index (χ1n) is 5.18. The van der Waals surface area contributed by atoms with Crippen molar-refractivity contribution < 1.29 is 27.1 Å². The van der Waals surface area contributed by atoms with Crippen LogP contribution in [0.1, 0.15) is 22.0 Å². The monoisotopic (exact) mass is 271 g/mol. The number of hydrogen-bond acceptors (Lipinski definition) is 4. The molecule has 0 aliphatic rings. The van der Waals surface area contributed by atoms with E-state index in [0.29, 0.717) is 0 Å². The minimum absolute atomic E-state index is 0.0851. The van der Waals surface area contributed by atoms with Crippen molar-refractivity contribution in [3.8, 4) is 0 Å². The number of ether oxygens (including phenoxy) is 1. The van der Waals surface area contributed by atoms with Crippen LogP contribution in [0.2, 0.25) is 0 Å². The molecule has 2 heterocycles. The third-order valence-corrected chi connectivity index (χ3v) is 2.27. The smallest absolute Gasteiger partial charge is 0.429 e. The normalized spacial score (nSPS) is 13.0. The maximum atomic E-state index is 12.9. The van der Waals surface area contributed by atoms with E-state index in [1.165, 1.54) is 30.7 Å². The Morgan fingerprint density at radius 3 is 2.68 bits per heavy atom. The molecule has 0 aliphatic heterocycles. The summed E-state index contributed by atoms with van der Waals surface area (Å²) in [5.41, 5.74) is -0.329. The van der Waals surface area contributed by atoms with E-state index in [9.17, 15) is 18.0 Å². The molecule has 1 unspecified atom stereocenters. The van der Waals surface area contributed by atoms with Crippen LogP contribution in [0.5, 0.6) is 0 Å². The van der Waals surface area contributed by atoms with E-state index >= 15 is 0 Å². The molecule has 2 aromatic heterocycles. The lowest BCUT2D eigenvalue weighted by atomic mass is 10.1. The van der Waals surface area contributed by atoms with Crippen LogP contribution in [-0.2, 0) is 4.74 Å². The van der Waals surface area contributed by atoms with E-state index in [2.05, 4.69) is 14.1 Å². The highest BCUT2D eigenvalue weighted by atomic mass is 19.4. The van der Waals surface area contributed by atoms with Gasteiger partial charge in [-0.15, -0.1) is 0 Å². The van der Waals surface area contributed by atoms with Crippen LogP contribution in [0.3, 0.4) is 0 Å². The SMILES string of the molecule is O=C(OC(c1cccnc1)C(F)(F)F)c1ccoc1. The van der Waals surface area contributed by atoms with E-state index in [1.807, 2.05) is 0 Å². The van der Waals surface area contributed by atoms with E-state index in [0.717, 1.165) is 12.5 Å². The Bertz CT molecular complexity index is 537. The second-order valence-electron chi connectivity index (χ2n) is 3.63. The van der Waals surface area contributed by atoms with E-state index < -0.39 is 18.2 Å². The first kappa shape index (κ1) is 13.1. The van der Waals surface area contributed by atoms with Gasteiger partial charge in [-0.1, -0.05) is 6.07 Å². The first-order chi connectivity index (χ1) is 8.98. The zero-order chi connectivity index (χ0) is 13.9. The quantitative estimate of drug-likeness (QED) is 0.805. The average Bonchev–Trinajstić information content (AvgIpc) is 2.89. The molecule has 0 fully saturated rings. The van der Waals surface area contributed by atoms with Crippen molar-refractivity contribution in [1.29, 1.82) is 0 Å². The molecule has 1 atom stereocenters. The Hall–Kier alpha value is -2.31. The number of esters is 1. The number of hydrogen-bond donors (Lipinski definition) is 0. The van der Waals surface area contributed by atoms with Crippen LogP contribution in [0, 0.1) is 0 Å². The summed E-state index contributed by atoms with van der Waals surface area (Å²) in [6.45, 7) is 0. The van der Waals surface area contributed by atoms with Crippen molar-refractivity contribution in [1.82, 2.24) is 4.98 Å². The molecule has 0 aromatic carbocycles. The number of pyridine rings is 1. The molecule has 4 nitrogen and oxygen atoms in total. The summed E-state index contributed by atoms with van der Waals surface area (Å²) >= 11 is 0. The van der Waals surface area contributed by atoms with Crippen molar-refractivity contribution in [3.63, 3.8) is 0 Å². The predicted molar refractivity (Wildman–Crippen MR) is 57.2 cm³/mol. The molecule has 0 bridgehead atoms. The number of halogens is 3. The number of aromatic nitrogens is 1. The zero-order valence-electron chi connectivity index (χ0n) is 9.42. The Morgan fingerprint density at radius 2 is 2.16 bits per heavy atom. The van der Waals surface area contributed by atoms with Gasteiger partial charge in [-0.05, 0) is 12.1 Å². The van der Waals surface area contributed by atoms with Crippen LogP contribution in [0.15, 0.2) is 47.5 Å². The minimum Gasteiger partial charge on any atom is -0.472 e. The fourth-order valence-corrected chi connectivity index (χ4v) is 1.41. The van der Waals surface area contributed by atoms with Gasteiger partial charge < -0.3 is 9.15 Å². The van der Waals surface area contributed by atoms with Crippen LogP contribution in [0.25, 0.3) is 0 Å². The minimum atomic E-state index is -4.72. The molecule has 0 saturated heterocycles. The summed E-state index contributed by atoms with van der Waals surface area (Å²) in [4.78, 5) is 15.1. The summed E-state index contributed by atoms with van der Waals surface area (Å²) < 4.78 is 47.7. The maximum absolute atomic E-state index is 12.9. The van der Waals surface area contributed by atoms with Crippen LogP contribution in [0.4, 0.5) is 13.2 Å². The van der Waals surface area contributed by atoms with Crippen LogP contribution >= 0.6 is 0 Å². The van der Waals surface area contributed by atoms with Crippen molar-refractivity contribution in [2.75, 3.05) is 0 Å². The maximum Gasteiger partial charge on any atom is 0.429 e. The highest BCUT2D eigenvalue weighted by Gasteiger charge is 2.44. The number of rotatable bonds is 3. The van der Waals surface area contributed by atoms with Gasteiger partial charge in [-0.25, -0.2) is 4.79 Å². The molecule has 0 radical (unpaired) electrons. The van der Waals surface area contributed by atoms with Gasteiger partial charge in [-0.2, -0.15) is 13.2 Å². The van der Waals surface area contributed by atoms with Crippen LogP contribution in [-0.4, -0.2) is 17.1 Å². The lowest BCUT2D eigenvalue weighted by Gasteiger charge is -2.20. The number of nitrogens with zero attached hydrogens (tertiary/aromatic N) is 1. The first-order valence-corrected chi connectivity index (χ1v) is 5.18. The molecule has 19 heavy (non-hydrogen) atoms. The van der Waals surface area contributed by atoms with E-state index in [-0.39, 0.29) is 11.1 Å². The second kappa shape index (κ2) is 5.13. The van der Waals surface area contributed by atoms with Gasteiger partial charge in [0, 0.05) is 18.0 Å². The lowest BCUT2D eigenvalue weighted by Crippen LogP contribution is -2.26. The Labute approximate surface area is 105 Å². The Kier molecular flexibility index (Phi) is 3.55. The van der Waals surface area contributed by atoms with E-state index in [1.54, 1.807) is 0 Å². The largest absolute Gasteiger partial charge is 0.472 e. The highest BCUT2D eigenvalue weighted by molar-refractivity contribution is 5.89. The molecule has 2 aromatic rings. The summed E-state index contributed by atoms with van der Waals surface area (Å²) in [6.07, 6.45) is -2.57. The molecule has 0 aliphatic carbocycles. The van der Waals surface area contributed by atoms with Crippen molar-refractivity contribution in [2.45, 2.75) is 12.3 Å². The predicted octanol–water partition coefficient (Wildman–Crippen LogP) is 3.14. The molecule has 0 amide bonds. The van der Waals surface area contributed by atoms with Gasteiger partial charge in [0.15, 0.2) is 0 Å². The molecule has 7 heteroatoms. The van der Waals surface area contributed by atoms with E-state index in [4.69, 9.17) is 0 Å². The second-order valence-corrected chi connectivity index (χ2v) is 3.63. The third-order valence-electron chi connectivity index (χ3n) is 2.27. The Balaban J connectivity index is 2.23. The molecule has 0 spiro atoms. The molecular formula is C12H8F3NO3. The van der Waals surface area contributed by atoms with Crippen molar-refractivity contribution in [3.05, 3.63) is 54.2 Å². The molecule has 0 N–H and O–H groups in total. The van der Waals surface area contributed by atoms with Crippen LogP contribution < -0.4 is 0 Å². The summed E-state index contributed by atoms with van der Waals surface area (Å²) in [7, 11) is 0. The van der Waals surface area contributed by atoms with Crippen molar-refractivity contribution >= 4 is 5.97 Å². The fraction of sp³-hybridized carbons (Fsp3) is 0.167. The van der Waals surface area contributed by atoms with Gasteiger partial charge in [-0.3, -0.25) is 4.98 Å². The number of carbonyl (C=O) groups is 1.